The van der Waals surface area contributed by atoms with Crippen LogP contribution in [0.15, 0.2) is 46.0 Å². The molecule has 216 valence electrons. The number of fused-ring (bicyclic) bond motifs is 1. The number of rotatable bonds is 7. The van der Waals surface area contributed by atoms with Crippen LogP contribution < -0.4 is 5.32 Å². The van der Waals surface area contributed by atoms with Crippen LogP contribution in [0.5, 0.6) is 0 Å². The van der Waals surface area contributed by atoms with Gasteiger partial charge in [-0.2, -0.15) is 0 Å². The zero-order valence-electron chi connectivity index (χ0n) is 21.9. The van der Waals surface area contributed by atoms with Crippen molar-refractivity contribution >= 4 is 46.7 Å². The summed E-state index contributed by atoms with van der Waals surface area (Å²) in [6.45, 7) is 2.24. The van der Waals surface area contributed by atoms with Crippen LogP contribution in [0, 0.1) is 11.7 Å². The fourth-order valence-electron chi connectivity index (χ4n) is 6.31. The quantitative estimate of drug-likeness (QED) is 0.440. The fourth-order valence-corrected chi connectivity index (χ4v) is 7.13. The third-order valence-corrected chi connectivity index (χ3v) is 9.49. The number of aliphatic carboxylic acids is 2. The maximum absolute atomic E-state index is 14.4. The number of carboxylic acids is 2. The van der Waals surface area contributed by atoms with Gasteiger partial charge in [-0.05, 0) is 25.3 Å². The molecule has 0 spiro atoms. The second-order valence-electron chi connectivity index (χ2n) is 10.7. The molecule has 1 aromatic carbocycles. The zero-order chi connectivity index (χ0) is 28.8. The number of aliphatic imine (C=N–C) groups is 1. The first kappa shape index (κ1) is 27.6. The summed E-state index contributed by atoms with van der Waals surface area (Å²) >= 11 is 7.64. The number of carbonyl (C=O) groups is 3. The Morgan fingerprint density at radius 1 is 1.15 bits per heavy atom. The number of urea groups is 1. The molecule has 3 fully saturated rings. The smallest absolute Gasteiger partial charge is 0.335 e. The van der Waals surface area contributed by atoms with Gasteiger partial charge >= 0.3 is 18.0 Å². The highest BCUT2D eigenvalue weighted by Gasteiger charge is 2.46. The molecule has 4 aliphatic rings. The van der Waals surface area contributed by atoms with Gasteiger partial charge in [0, 0.05) is 61.6 Å². The molecule has 1 aromatic heterocycles. The topological polar surface area (TPSA) is 139 Å². The lowest BCUT2D eigenvalue weighted by Crippen LogP contribution is -2.53. The number of hydrogen-bond acceptors (Lipinski definition) is 8. The van der Waals surface area contributed by atoms with Crippen LogP contribution in [0.1, 0.15) is 35.9 Å². The predicted octanol–water partition coefficient (Wildman–Crippen LogP) is 3.04. The minimum Gasteiger partial charge on any atom is -0.481 e. The van der Waals surface area contributed by atoms with E-state index in [4.69, 9.17) is 11.6 Å². The van der Waals surface area contributed by atoms with Crippen molar-refractivity contribution < 1.29 is 29.0 Å². The van der Waals surface area contributed by atoms with Gasteiger partial charge in [0.25, 0.3) is 0 Å². The monoisotopic (exact) mass is 602 g/mol. The van der Waals surface area contributed by atoms with Gasteiger partial charge in [-0.15, -0.1) is 11.3 Å². The maximum atomic E-state index is 14.4. The first-order valence-corrected chi connectivity index (χ1v) is 14.6. The van der Waals surface area contributed by atoms with Crippen molar-refractivity contribution in [2.75, 3.05) is 32.7 Å². The van der Waals surface area contributed by atoms with Gasteiger partial charge in [0.2, 0.25) is 0 Å². The van der Waals surface area contributed by atoms with E-state index in [1.165, 1.54) is 23.5 Å². The van der Waals surface area contributed by atoms with Gasteiger partial charge < -0.3 is 25.3 Å². The number of halogens is 2. The number of amidine groups is 1. The number of benzene rings is 1. The third kappa shape index (κ3) is 5.17. The van der Waals surface area contributed by atoms with Crippen molar-refractivity contribution in [2.45, 2.75) is 37.4 Å². The second-order valence-corrected chi connectivity index (χ2v) is 12.0. The van der Waals surface area contributed by atoms with E-state index in [1.807, 2.05) is 9.80 Å². The number of carbonyl (C=O) groups excluding carboxylic acids is 1. The van der Waals surface area contributed by atoms with Crippen molar-refractivity contribution in [3.8, 4) is 0 Å². The number of piperazine rings is 1. The molecule has 0 bridgehead atoms. The third-order valence-electron chi connectivity index (χ3n) is 8.31. The molecule has 3 N–H and O–H groups in total. The molecule has 2 amide bonds. The molecule has 3 aliphatic heterocycles. The highest BCUT2D eigenvalue weighted by Crippen LogP contribution is 2.38. The van der Waals surface area contributed by atoms with E-state index >= 15 is 0 Å². The lowest BCUT2D eigenvalue weighted by atomic mass is 9.95. The lowest BCUT2D eigenvalue weighted by Gasteiger charge is -2.38. The number of hydrogen-bond donors (Lipinski definition) is 3. The standard InChI is InChI=1S/C27H28ClFN6O5S/c28-21-17(2-1-3-18(21)29)22-20(26(38)39)19(31-23(32-22)24-30-6-9-41-24)13-33-7-8-34-16(11-33)12-35(27(34)40)15-5-4-14(10-15)25(36)37/h1-3,6,9,14-16,22H,4-5,7-8,10-13H2,(H,31,32)(H,36,37)(H,38,39)/t14-,15-,16+,22+/m1/s1. The maximum Gasteiger partial charge on any atom is 0.335 e. The molecule has 41 heavy (non-hydrogen) atoms. The number of nitrogens with zero attached hydrogens (tertiary/aromatic N) is 5. The van der Waals surface area contributed by atoms with Gasteiger partial charge in [-0.25, -0.2) is 19.0 Å². The molecule has 0 unspecified atom stereocenters. The Kier molecular flexibility index (Phi) is 7.43. The number of nitrogens with one attached hydrogen (secondary N) is 1. The Labute approximate surface area is 243 Å². The summed E-state index contributed by atoms with van der Waals surface area (Å²) in [6, 6.07) is 2.95. The predicted molar refractivity (Wildman–Crippen MR) is 148 cm³/mol. The first-order valence-electron chi connectivity index (χ1n) is 13.4. The van der Waals surface area contributed by atoms with Gasteiger partial charge in [0.05, 0.1) is 22.6 Å². The minimum absolute atomic E-state index is 0.0324. The van der Waals surface area contributed by atoms with E-state index in [0.717, 1.165) is 0 Å². The Morgan fingerprint density at radius 2 is 1.98 bits per heavy atom. The van der Waals surface area contributed by atoms with Crippen LogP contribution in [0.2, 0.25) is 5.02 Å². The Morgan fingerprint density at radius 3 is 2.68 bits per heavy atom. The fraction of sp³-hybridized carbons (Fsp3) is 0.444. The molecule has 4 atom stereocenters. The zero-order valence-corrected chi connectivity index (χ0v) is 23.4. The van der Waals surface area contributed by atoms with Crippen LogP contribution in [0.25, 0.3) is 0 Å². The molecule has 6 rings (SSSR count). The van der Waals surface area contributed by atoms with Gasteiger partial charge in [-0.3, -0.25) is 14.7 Å². The van der Waals surface area contributed by atoms with Crippen molar-refractivity contribution in [3.05, 3.63) is 62.5 Å². The summed E-state index contributed by atoms with van der Waals surface area (Å²) in [4.78, 5) is 52.0. The minimum atomic E-state index is -1.20. The Balaban J connectivity index is 1.25. The first-order chi connectivity index (χ1) is 19.7. The Hall–Kier alpha value is -3.55. The van der Waals surface area contributed by atoms with E-state index in [2.05, 4.69) is 20.2 Å². The molecule has 2 saturated heterocycles. The van der Waals surface area contributed by atoms with E-state index in [-0.39, 0.29) is 40.8 Å². The summed E-state index contributed by atoms with van der Waals surface area (Å²) in [5.74, 6) is -2.73. The summed E-state index contributed by atoms with van der Waals surface area (Å²) in [6.07, 6.45) is 3.33. The average Bonchev–Trinajstić information content (AvgIpc) is 3.70. The highest BCUT2D eigenvalue weighted by atomic mass is 35.5. The number of carboxylic acid groups (broad SMARTS) is 2. The molecule has 1 saturated carbocycles. The number of amides is 2. The van der Waals surface area contributed by atoms with Gasteiger partial charge in [0.15, 0.2) is 10.8 Å². The second kappa shape index (κ2) is 11.0. The normalized spacial score (nSPS) is 26.7. The molecular weight excluding hydrogens is 575 g/mol. The van der Waals surface area contributed by atoms with Crippen LogP contribution >= 0.6 is 22.9 Å². The van der Waals surface area contributed by atoms with E-state index in [1.54, 1.807) is 17.6 Å². The summed E-state index contributed by atoms with van der Waals surface area (Å²) < 4.78 is 14.4. The summed E-state index contributed by atoms with van der Waals surface area (Å²) in [5, 5.41) is 25.0. The van der Waals surface area contributed by atoms with E-state index in [9.17, 15) is 29.0 Å². The van der Waals surface area contributed by atoms with Crippen molar-refractivity contribution in [3.63, 3.8) is 0 Å². The molecular formula is C27H28ClFN6O5S. The van der Waals surface area contributed by atoms with Crippen LogP contribution in [-0.2, 0) is 9.59 Å². The van der Waals surface area contributed by atoms with Crippen LogP contribution in [0.3, 0.4) is 0 Å². The van der Waals surface area contributed by atoms with Crippen LogP contribution in [0.4, 0.5) is 9.18 Å². The number of aromatic nitrogens is 1. The molecule has 11 nitrogen and oxygen atoms in total. The average molecular weight is 603 g/mol. The van der Waals surface area contributed by atoms with Crippen LogP contribution in [-0.4, -0.2) is 98.5 Å². The highest BCUT2D eigenvalue weighted by molar-refractivity contribution is 7.11. The van der Waals surface area contributed by atoms with E-state index in [0.29, 0.717) is 62.0 Å². The molecule has 14 heteroatoms. The van der Waals surface area contributed by atoms with Crippen molar-refractivity contribution in [1.82, 2.24) is 25.0 Å². The molecule has 4 heterocycles. The number of thiazole rings is 1. The SMILES string of the molecule is O=C(O)C1=C(CN2CCN3C(=O)N([C@@H]4CC[C@@H](C(=O)O)C4)C[C@@H]3C2)NC(c2nccs2)=N[C@H]1c1cccc(F)c1Cl. The largest absolute Gasteiger partial charge is 0.481 e. The molecule has 1 aliphatic carbocycles. The lowest BCUT2D eigenvalue weighted by molar-refractivity contribution is -0.141. The Bertz CT molecular complexity index is 1450. The van der Waals surface area contributed by atoms with Gasteiger partial charge in [0.1, 0.15) is 11.9 Å². The van der Waals surface area contributed by atoms with E-state index < -0.39 is 29.7 Å². The van der Waals surface area contributed by atoms with Gasteiger partial charge in [-0.1, -0.05) is 23.7 Å². The summed E-state index contributed by atoms with van der Waals surface area (Å²) in [7, 11) is 0. The van der Waals surface area contributed by atoms with Crippen molar-refractivity contribution in [2.24, 2.45) is 10.9 Å². The summed E-state index contributed by atoms with van der Waals surface area (Å²) in [5.41, 5.74) is 0.614. The van der Waals surface area contributed by atoms with Crippen molar-refractivity contribution in [1.29, 1.82) is 0 Å². The molecule has 2 aromatic rings. The molecule has 0 radical (unpaired) electrons.